The van der Waals surface area contributed by atoms with Gasteiger partial charge in [0, 0.05) is 5.70 Å². The van der Waals surface area contributed by atoms with Crippen LogP contribution < -0.4 is 10.6 Å². The molecule has 0 aromatic carbocycles. The second-order valence-electron chi connectivity index (χ2n) is 4.42. The topological polar surface area (TPSA) is 58.2 Å². The van der Waals surface area contributed by atoms with Crippen LogP contribution in [0.4, 0.5) is 0 Å². The second-order valence-corrected chi connectivity index (χ2v) is 4.42. The van der Waals surface area contributed by atoms with E-state index in [-0.39, 0.29) is 11.3 Å². The van der Waals surface area contributed by atoms with E-state index in [0.29, 0.717) is 11.3 Å². The minimum atomic E-state index is -0.478. The van der Waals surface area contributed by atoms with Gasteiger partial charge in [0.05, 0.1) is 5.57 Å². The number of hydrogen-bond donors (Lipinski definition) is 2. The summed E-state index contributed by atoms with van der Waals surface area (Å²) < 4.78 is 0. The fourth-order valence-electron chi connectivity index (χ4n) is 1.75. The minimum Gasteiger partial charge on any atom is -0.350 e. The maximum absolute atomic E-state index is 12.0. The van der Waals surface area contributed by atoms with Gasteiger partial charge in [0.25, 0.3) is 11.8 Å². The van der Waals surface area contributed by atoms with E-state index in [0.717, 1.165) is 0 Å². The molecule has 1 aliphatic rings. The van der Waals surface area contributed by atoms with Crippen molar-refractivity contribution < 1.29 is 9.59 Å². The highest BCUT2D eigenvalue weighted by Gasteiger charge is 2.31. The lowest BCUT2D eigenvalue weighted by Crippen LogP contribution is -2.26. The molecule has 22 heavy (non-hydrogen) atoms. The number of allylic oxidation sites excluding steroid dienone is 8. The first kappa shape index (κ1) is 17.2. The van der Waals surface area contributed by atoms with Crippen molar-refractivity contribution in [3.8, 4) is 0 Å². The van der Waals surface area contributed by atoms with Gasteiger partial charge >= 0.3 is 0 Å². The smallest absolute Gasteiger partial charge is 0.275 e. The molecule has 4 heteroatoms. The van der Waals surface area contributed by atoms with E-state index < -0.39 is 11.8 Å². The Morgan fingerprint density at radius 2 is 1.77 bits per heavy atom. The second kappa shape index (κ2) is 8.42. The van der Waals surface area contributed by atoms with Crippen LogP contribution in [-0.4, -0.2) is 11.8 Å². The van der Waals surface area contributed by atoms with Gasteiger partial charge in [0.15, 0.2) is 0 Å². The predicted octanol–water partition coefficient (Wildman–Crippen LogP) is 2.82. The number of carbonyl (C=O) groups excluding carboxylic acids is 2. The standard InChI is InChI=1S/C18H20N2O2/c1-5-8-10-11-13(4)15-16(18(22)20-17(15)21)19-14(7-3)12-9-6-2/h5-12H,3-4H2,1-2H3,(H2,19,20,21,22)/b8-5-,9-6-,11-10-,14-12+. The van der Waals surface area contributed by atoms with Crippen molar-refractivity contribution in [1.82, 2.24) is 10.6 Å². The number of carbonyl (C=O) groups is 2. The zero-order valence-corrected chi connectivity index (χ0v) is 12.8. The van der Waals surface area contributed by atoms with E-state index in [1.54, 1.807) is 30.4 Å². The van der Waals surface area contributed by atoms with E-state index in [1.165, 1.54) is 0 Å². The Morgan fingerprint density at radius 3 is 2.36 bits per heavy atom. The van der Waals surface area contributed by atoms with Crippen LogP contribution in [0.2, 0.25) is 0 Å². The molecule has 1 aliphatic heterocycles. The van der Waals surface area contributed by atoms with E-state index in [2.05, 4.69) is 23.8 Å². The summed E-state index contributed by atoms with van der Waals surface area (Å²) in [6, 6.07) is 0. The maximum Gasteiger partial charge on any atom is 0.275 e. The van der Waals surface area contributed by atoms with E-state index in [9.17, 15) is 9.59 Å². The Hall–Kier alpha value is -2.88. The Balaban J connectivity index is 3.18. The largest absolute Gasteiger partial charge is 0.350 e. The van der Waals surface area contributed by atoms with Gasteiger partial charge in [-0.2, -0.15) is 0 Å². The molecular formula is C18H20N2O2. The van der Waals surface area contributed by atoms with Crippen LogP contribution in [0.1, 0.15) is 13.8 Å². The van der Waals surface area contributed by atoms with Crippen molar-refractivity contribution in [2.24, 2.45) is 0 Å². The molecule has 0 aromatic heterocycles. The van der Waals surface area contributed by atoms with Crippen molar-refractivity contribution in [2.45, 2.75) is 13.8 Å². The molecule has 1 rings (SSSR count). The molecule has 2 amide bonds. The van der Waals surface area contributed by atoms with Gasteiger partial charge in [-0.05, 0) is 31.6 Å². The van der Waals surface area contributed by atoms with Gasteiger partial charge in [-0.25, -0.2) is 0 Å². The van der Waals surface area contributed by atoms with Gasteiger partial charge < -0.3 is 5.32 Å². The normalized spacial score (nSPS) is 16.2. The number of amides is 2. The van der Waals surface area contributed by atoms with E-state index in [1.807, 2.05) is 32.1 Å². The summed E-state index contributed by atoms with van der Waals surface area (Å²) in [6.45, 7) is 11.3. The van der Waals surface area contributed by atoms with Crippen LogP contribution >= 0.6 is 0 Å². The molecule has 0 unspecified atom stereocenters. The Labute approximate surface area is 131 Å². The highest BCUT2D eigenvalue weighted by Crippen LogP contribution is 2.20. The maximum atomic E-state index is 12.0. The van der Waals surface area contributed by atoms with Crippen LogP contribution in [0.15, 0.2) is 84.3 Å². The highest BCUT2D eigenvalue weighted by atomic mass is 16.2. The monoisotopic (exact) mass is 296 g/mol. The van der Waals surface area contributed by atoms with Crippen molar-refractivity contribution in [3.63, 3.8) is 0 Å². The van der Waals surface area contributed by atoms with Gasteiger partial charge in [0.2, 0.25) is 0 Å². The van der Waals surface area contributed by atoms with Crippen LogP contribution in [-0.2, 0) is 9.59 Å². The summed E-state index contributed by atoms with van der Waals surface area (Å²) in [5, 5.41) is 5.19. The van der Waals surface area contributed by atoms with E-state index >= 15 is 0 Å². The van der Waals surface area contributed by atoms with Crippen molar-refractivity contribution in [2.75, 3.05) is 0 Å². The van der Waals surface area contributed by atoms with Crippen LogP contribution in [0.25, 0.3) is 0 Å². The molecule has 0 atom stereocenters. The molecular weight excluding hydrogens is 276 g/mol. The lowest BCUT2D eigenvalue weighted by molar-refractivity contribution is -0.124. The van der Waals surface area contributed by atoms with Gasteiger partial charge in [-0.1, -0.05) is 49.6 Å². The zero-order chi connectivity index (χ0) is 16.5. The first-order valence-corrected chi connectivity index (χ1v) is 6.86. The summed E-state index contributed by atoms with van der Waals surface area (Å²) in [6.07, 6.45) is 14.1. The molecule has 1 heterocycles. The quantitative estimate of drug-likeness (QED) is 0.561. The molecule has 0 radical (unpaired) electrons. The van der Waals surface area contributed by atoms with Crippen molar-refractivity contribution in [3.05, 3.63) is 84.3 Å². The highest BCUT2D eigenvalue weighted by molar-refractivity contribution is 6.21. The average molecular weight is 296 g/mol. The third-order valence-electron chi connectivity index (χ3n) is 2.81. The summed E-state index contributed by atoms with van der Waals surface area (Å²) in [5.41, 5.74) is 1.48. The van der Waals surface area contributed by atoms with Crippen molar-refractivity contribution in [1.29, 1.82) is 0 Å². The zero-order valence-electron chi connectivity index (χ0n) is 12.8. The number of imide groups is 1. The summed E-state index contributed by atoms with van der Waals surface area (Å²) >= 11 is 0. The van der Waals surface area contributed by atoms with Crippen LogP contribution in [0, 0.1) is 0 Å². The SMILES string of the molecule is C=C/C(=C\C=C/C)NC1=C(C(=C)/C=C\C=C/C)C(=O)NC1=O. The third-order valence-corrected chi connectivity index (χ3v) is 2.81. The van der Waals surface area contributed by atoms with Gasteiger partial charge in [0.1, 0.15) is 5.70 Å². The van der Waals surface area contributed by atoms with Gasteiger partial charge in [-0.15, -0.1) is 0 Å². The molecule has 0 saturated carbocycles. The fourth-order valence-corrected chi connectivity index (χ4v) is 1.75. The van der Waals surface area contributed by atoms with Crippen LogP contribution in [0.3, 0.4) is 0 Å². The molecule has 0 fully saturated rings. The Morgan fingerprint density at radius 1 is 1.09 bits per heavy atom. The average Bonchev–Trinajstić information content (AvgIpc) is 2.77. The minimum absolute atomic E-state index is 0.177. The Kier molecular flexibility index (Phi) is 6.57. The molecule has 2 N–H and O–H groups in total. The predicted molar refractivity (Wildman–Crippen MR) is 89.5 cm³/mol. The van der Waals surface area contributed by atoms with Crippen molar-refractivity contribution >= 4 is 11.8 Å². The molecule has 4 nitrogen and oxygen atoms in total. The van der Waals surface area contributed by atoms with E-state index in [4.69, 9.17) is 0 Å². The first-order valence-electron chi connectivity index (χ1n) is 6.86. The third kappa shape index (κ3) is 4.31. The summed E-state index contributed by atoms with van der Waals surface area (Å²) in [4.78, 5) is 23.9. The first-order chi connectivity index (χ1) is 10.5. The molecule has 0 aliphatic carbocycles. The molecule has 0 bridgehead atoms. The number of rotatable bonds is 7. The molecule has 114 valence electrons. The number of hydrogen-bond acceptors (Lipinski definition) is 3. The summed E-state index contributed by atoms with van der Waals surface area (Å²) in [7, 11) is 0. The fraction of sp³-hybridized carbons (Fsp3) is 0.111. The Bertz CT molecular complexity index is 644. The lowest BCUT2D eigenvalue weighted by atomic mass is 10.1. The molecule has 0 aromatic rings. The molecule has 0 spiro atoms. The summed E-state index contributed by atoms with van der Waals surface area (Å²) in [5.74, 6) is -0.939. The number of nitrogens with one attached hydrogen (secondary N) is 2. The van der Waals surface area contributed by atoms with Crippen LogP contribution in [0.5, 0.6) is 0 Å². The molecule has 0 saturated heterocycles. The lowest BCUT2D eigenvalue weighted by Gasteiger charge is -2.08. The van der Waals surface area contributed by atoms with Gasteiger partial charge in [-0.3, -0.25) is 14.9 Å².